The van der Waals surface area contributed by atoms with E-state index in [1.807, 2.05) is 72.8 Å². The Bertz CT molecular complexity index is 4060. The van der Waals surface area contributed by atoms with Gasteiger partial charge in [-0.3, -0.25) is 0 Å². The third-order valence-electron chi connectivity index (χ3n) is 13.7. The summed E-state index contributed by atoms with van der Waals surface area (Å²) in [5.41, 5.74) is 12.6. The minimum absolute atomic E-state index is 0.627. The molecule has 9 aromatic carbocycles. The molecular weight excluding hydrogens is 833 g/mol. The Hall–Kier alpha value is -9.40. The third-order valence-corrected chi connectivity index (χ3v) is 13.7. The maximum Gasteiger partial charge on any atom is 0.164 e. The van der Waals surface area contributed by atoms with Crippen molar-refractivity contribution < 1.29 is 0 Å². The van der Waals surface area contributed by atoms with Crippen LogP contribution < -0.4 is 0 Å². The molecule has 8 nitrogen and oxygen atoms in total. The van der Waals surface area contributed by atoms with Crippen LogP contribution in [0.4, 0.5) is 0 Å². The zero-order chi connectivity index (χ0) is 44.5. The molecule has 0 radical (unpaired) electrons. The van der Waals surface area contributed by atoms with Gasteiger partial charge in [0.2, 0.25) is 0 Å². The van der Waals surface area contributed by atoms with Crippen molar-refractivity contribution in [1.82, 2.24) is 38.7 Å². The summed E-state index contributed by atoms with van der Waals surface area (Å²) in [6, 6.07) is 71.8. The highest BCUT2D eigenvalue weighted by Crippen LogP contribution is 2.52. The number of hydrogen-bond acceptors (Lipinski definition) is 6. The van der Waals surface area contributed by atoms with Crippen LogP contribution in [-0.4, -0.2) is 38.7 Å². The van der Waals surface area contributed by atoms with Gasteiger partial charge >= 0.3 is 0 Å². The predicted octanol–water partition coefficient (Wildman–Crippen LogP) is 14.4. The molecule has 0 N–H and O–H groups in total. The molecule has 0 fully saturated rings. The van der Waals surface area contributed by atoms with Crippen LogP contribution in [0.15, 0.2) is 206 Å². The standard InChI is InChI=1S/C60H34N8/c1-5-17-35(18-6-1)55-61-56(36-19-7-2-8-20-36)64-59(63-55)39-29-31-43-47(33-39)67-45-27-15-13-25-41(45)50-52-44-32-30-40(34-48(44)68-46-28-16-14-26-42(46)49(54(52)68)51(43)53(50)67)60-65-57(37-21-9-3-10-22-37)62-58(66-60)38-23-11-4-12-24-38/h1-34H. The lowest BCUT2D eigenvalue weighted by Crippen LogP contribution is -2.00. The van der Waals surface area contributed by atoms with E-state index in [4.69, 9.17) is 29.9 Å². The van der Waals surface area contributed by atoms with Crippen LogP contribution in [-0.2, 0) is 0 Å². The molecule has 68 heavy (non-hydrogen) atoms. The van der Waals surface area contributed by atoms with Gasteiger partial charge in [-0.05, 0) is 24.3 Å². The van der Waals surface area contributed by atoms with Crippen LogP contribution in [0, 0.1) is 0 Å². The van der Waals surface area contributed by atoms with Crippen molar-refractivity contribution in [3.8, 4) is 68.3 Å². The molecule has 6 heterocycles. The molecule has 0 saturated heterocycles. The number of aromatic nitrogens is 8. The quantitative estimate of drug-likeness (QED) is 0.165. The largest absolute Gasteiger partial charge is 0.308 e. The van der Waals surface area contributed by atoms with Gasteiger partial charge in [-0.1, -0.05) is 182 Å². The Morgan fingerprint density at radius 3 is 0.809 bits per heavy atom. The van der Waals surface area contributed by atoms with Crippen molar-refractivity contribution in [2.45, 2.75) is 0 Å². The number of rotatable bonds is 6. The van der Waals surface area contributed by atoms with E-state index in [0.29, 0.717) is 34.9 Å². The minimum atomic E-state index is 0.627. The molecule has 8 heteroatoms. The van der Waals surface area contributed by atoms with Crippen LogP contribution in [0.3, 0.4) is 0 Å². The molecular formula is C60H34N8. The smallest absolute Gasteiger partial charge is 0.164 e. The molecule has 0 bridgehead atoms. The lowest BCUT2D eigenvalue weighted by Gasteiger charge is -2.09. The summed E-state index contributed by atoms with van der Waals surface area (Å²) in [7, 11) is 0. The molecule has 15 rings (SSSR count). The second kappa shape index (κ2) is 14.1. The Kier molecular flexibility index (Phi) is 7.62. The van der Waals surface area contributed by atoms with E-state index in [-0.39, 0.29) is 0 Å². The number of hydrogen-bond donors (Lipinski definition) is 0. The lowest BCUT2D eigenvalue weighted by atomic mass is 9.97. The van der Waals surface area contributed by atoms with Crippen molar-refractivity contribution >= 4 is 76.2 Å². The molecule has 314 valence electrons. The monoisotopic (exact) mass is 866 g/mol. The van der Waals surface area contributed by atoms with Gasteiger partial charge in [0.1, 0.15) is 0 Å². The summed E-state index contributed by atoms with van der Waals surface area (Å²) in [6.07, 6.45) is 0. The molecule has 6 aromatic heterocycles. The molecule has 0 aliphatic rings. The highest BCUT2D eigenvalue weighted by atomic mass is 15.0. The Balaban J connectivity index is 1.02. The molecule has 0 saturated carbocycles. The van der Waals surface area contributed by atoms with Crippen LogP contribution in [0.1, 0.15) is 0 Å². The summed E-state index contributed by atoms with van der Waals surface area (Å²) < 4.78 is 4.96. The predicted molar refractivity (Wildman–Crippen MR) is 275 cm³/mol. The molecule has 0 amide bonds. The van der Waals surface area contributed by atoms with E-state index in [1.165, 1.54) is 54.1 Å². The van der Waals surface area contributed by atoms with E-state index in [2.05, 4.69) is 142 Å². The van der Waals surface area contributed by atoms with Gasteiger partial charge in [-0.2, -0.15) is 0 Å². The van der Waals surface area contributed by atoms with Crippen molar-refractivity contribution in [1.29, 1.82) is 0 Å². The van der Waals surface area contributed by atoms with E-state index in [1.54, 1.807) is 0 Å². The first-order chi connectivity index (χ1) is 33.7. The van der Waals surface area contributed by atoms with Crippen molar-refractivity contribution in [3.63, 3.8) is 0 Å². The number of fused-ring (bicyclic) bond motifs is 14. The fourth-order valence-corrected chi connectivity index (χ4v) is 10.7. The zero-order valence-electron chi connectivity index (χ0n) is 36.2. The second-order valence-electron chi connectivity index (χ2n) is 17.4. The van der Waals surface area contributed by atoms with Gasteiger partial charge in [0.15, 0.2) is 34.9 Å². The van der Waals surface area contributed by atoms with E-state index >= 15 is 0 Å². The first-order valence-corrected chi connectivity index (χ1v) is 22.8. The fourth-order valence-electron chi connectivity index (χ4n) is 10.7. The fraction of sp³-hybridized carbons (Fsp3) is 0. The van der Waals surface area contributed by atoms with E-state index < -0.39 is 0 Å². The molecule has 0 unspecified atom stereocenters. The van der Waals surface area contributed by atoms with Gasteiger partial charge in [-0.15, -0.1) is 0 Å². The number of benzene rings is 9. The van der Waals surface area contributed by atoms with Gasteiger partial charge in [0.05, 0.1) is 33.1 Å². The SMILES string of the molecule is c1ccc(-c2nc(-c3ccccc3)nc(-c3ccc4c5c6c7ccccc7n7c8cc(-c9nc(-c%10ccccc%10)nc(-c%10ccccc%10)n9)ccc8c(c8c9ccccc9n(c4c3)c85)c67)n2)cc1. The molecule has 0 spiro atoms. The number of nitrogens with zero attached hydrogens (tertiary/aromatic N) is 8. The minimum Gasteiger partial charge on any atom is -0.308 e. The maximum absolute atomic E-state index is 5.14. The topological polar surface area (TPSA) is 86.2 Å². The summed E-state index contributed by atoms with van der Waals surface area (Å²) >= 11 is 0. The van der Waals surface area contributed by atoms with Crippen molar-refractivity contribution in [3.05, 3.63) is 206 Å². The summed E-state index contributed by atoms with van der Waals surface area (Å²) in [5.74, 6) is 3.81. The second-order valence-corrected chi connectivity index (χ2v) is 17.4. The van der Waals surface area contributed by atoms with Crippen LogP contribution >= 0.6 is 0 Å². The highest BCUT2D eigenvalue weighted by molar-refractivity contribution is 6.45. The third kappa shape index (κ3) is 5.25. The summed E-state index contributed by atoms with van der Waals surface area (Å²) in [4.78, 5) is 30.5. The lowest BCUT2D eigenvalue weighted by molar-refractivity contribution is 1.07. The zero-order valence-corrected chi connectivity index (χ0v) is 36.2. The van der Waals surface area contributed by atoms with Gasteiger partial charge in [0.25, 0.3) is 0 Å². The summed E-state index contributed by atoms with van der Waals surface area (Å²) in [5, 5.41) is 9.74. The summed E-state index contributed by atoms with van der Waals surface area (Å²) in [6.45, 7) is 0. The van der Waals surface area contributed by atoms with Crippen LogP contribution in [0.5, 0.6) is 0 Å². The highest BCUT2D eigenvalue weighted by Gasteiger charge is 2.29. The average Bonchev–Trinajstić information content (AvgIpc) is 4.15. The Labute approximate surface area is 387 Å². The normalized spacial score (nSPS) is 12.1. The molecule has 0 aliphatic heterocycles. The van der Waals surface area contributed by atoms with E-state index in [9.17, 15) is 0 Å². The Morgan fingerprint density at radius 2 is 0.485 bits per heavy atom. The number of para-hydroxylation sites is 2. The van der Waals surface area contributed by atoms with Gasteiger partial charge in [0, 0.05) is 76.5 Å². The van der Waals surface area contributed by atoms with Crippen molar-refractivity contribution in [2.24, 2.45) is 0 Å². The molecule has 15 aromatic rings. The first kappa shape index (κ1) is 36.9. The first-order valence-electron chi connectivity index (χ1n) is 22.8. The maximum atomic E-state index is 5.14. The Morgan fingerprint density at radius 1 is 0.221 bits per heavy atom. The molecule has 0 aliphatic carbocycles. The van der Waals surface area contributed by atoms with Gasteiger partial charge < -0.3 is 8.80 Å². The van der Waals surface area contributed by atoms with E-state index in [0.717, 1.165) is 55.4 Å². The van der Waals surface area contributed by atoms with Crippen LogP contribution in [0.25, 0.3) is 145 Å². The van der Waals surface area contributed by atoms with Crippen molar-refractivity contribution in [2.75, 3.05) is 0 Å². The van der Waals surface area contributed by atoms with Gasteiger partial charge in [-0.25, -0.2) is 29.9 Å². The van der Waals surface area contributed by atoms with Crippen LogP contribution in [0.2, 0.25) is 0 Å². The molecule has 0 atom stereocenters. The average molecular weight is 867 g/mol.